The number of anilines is 1. The van der Waals surface area contributed by atoms with Crippen molar-refractivity contribution in [2.24, 2.45) is 0 Å². The number of amides is 3. The van der Waals surface area contributed by atoms with Crippen LogP contribution in [0.3, 0.4) is 0 Å². The van der Waals surface area contributed by atoms with Crippen LogP contribution in [-0.4, -0.2) is 35.2 Å². The molecule has 1 aliphatic heterocycles. The molecule has 1 saturated heterocycles. The smallest absolute Gasteiger partial charge is 0.293 e. The van der Waals surface area contributed by atoms with Gasteiger partial charge in [0.15, 0.2) is 18.1 Å². The normalized spacial score (nSPS) is 14.2. The van der Waals surface area contributed by atoms with Gasteiger partial charge in [-0.2, -0.15) is 0 Å². The highest BCUT2D eigenvalue weighted by atomic mass is 79.9. The zero-order chi connectivity index (χ0) is 28.1. The first-order valence-electron chi connectivity index (χ1n) is 12.1. The van der Waals surface area contributed by atoms with Gasteiger partial charge in [-0.15, -0.1) is 0 Å². The van der Waals surface area contributed by atoms with Crippen LogP contribution in [0, 0.1) is 13.8 Å². The molecule has 0 radical (unpaired) electrons. The summed E-state index contributed by atoms with van der Waals surface area (Å²) in [7, 11) is 0. The molecule has 7 nitrogen and oxygen atoms in total. The van der Waals surface area contributed by atoms with Gasteiger partial charge < -0.3 is 14.8 Å². The summed E-state index contributed by atoms with van der Waals surface area (Å²) in [5, 5.41) is 2.53. The Morgan fingerprint density at radius 2 is 1.79 bits per heavy atom. The SMILES string of the molecule is CCOc1cc(/C=C2\SC(=O)N(Cc3ccccc3Br)C2=O)cc(Br)c1OCC(=O)Nc1ccc(C)cc1C. The molecule has 1 fully saturated rings. The summed E-state index contributed by atoms with van der Waals surface area (Å²) in [6.45, 7) is 6.08. The van der Waals surface area contributed by atoms with E-state index in [1.165, 1.54) is 4.90 Å². The monoisotopic (exact) mass is 672 g/mol. The van der Waals surface area contributed by atoms with Gasteiger partial charge in [-0.05, 0) is 95.5 Å². The molecule has 202 valence electrons. The molecule has 10 heteroatoms. The molecule has 1 heterocycles. The second-order valence-electron chi connectivity index (χ2n) is 8.78. The summed E-state index contributed by atoms with van der Waals surface area (Å²) in [5.41, 5.74) is 4.28. The number of carbonyl (C=O) groups excluding carboxylic acids is 3. The molecule has 0 saturated carbocycles. The third kappa shape index (κ3) is 7.12. The summed E-state index contributed by atoms with van der Waals surface area (Å²) in [4.78, 5) is 39.8. The van der Waals surface area contributed by atoms with Crippen LogP contribution in [0.2, 0.25) is 0 Å². The number of benzene rings is 3. The molecule has 1 aliphatic rings. The predicted molar refractivity (Wildman–Crippen MR) is 161 cm³/mol. The second kappa shape index (κ2) is 12.8. The lowest BCUT2D eigenvalue weighted by atomic mass is 10.1. The standard InChI is InChI=1S/C29H26Br2N2O5S/c1-4-37-24-13-19(14-25-28(35)33(29(36)39-25)15-20-7-5-6-8-21(20)30)12-22(31)27(24)38-16-26(34)32-23-10-9-17(2)11-18(23)3/h5-14H,4,15-16H2,1-3H3,(H,32,34)/b25-14-. The highest BCUT2D eigenvalue weighted by Crippen LogP contribution is 2.40. The molecule has 0 bridgehead atoms. The number of thioether (sulfide) groups is 1. The molecule has 4 rings (SSSR count). The van der Waals surface area contributed by atoms with Crippen LogP contribution in [0.1, 0.15) is 29.2 Å². The second-order valence-corrected chi connectivity index (χ2v) is 11.5. The van der Waals surface area contributed by atoms with E-state index in [1.54, 1.807) is 18.2 Å². The molecule has 0 aromatic heterocycles. The fourth-order valence-corrected chi connectivity index (χ4v) is 5.76. The number of nitrogens with zero attached hydrogens (tertiary/aromatic N) is 1. The molecule has 3 amide bonds. The van der Waals surface area contributed by atoms with Gasteiger partial charge in [0.1, 0.15) is 0 Å². The Morgan fingerprint density at radius 1 is 1.03 bits per heavy atom. The Kier molecular flexibility index (Phi) is 9.53. The van der Waals surface area contributed by atoms with Gasteiger partial charge in [0.2, 0.25) is 0 Å². The molecule has 3 aromatic carbocycles. The van der Waals surface area contributed by atoms with Gasteiger partial charge in [-0.25, -0.2) is 0 Å². The number of aryl methyl sites for hydroxylation is 2. The average Bonchev–Trinajstić information content (AvgIpc) is 3.14. The van der Waals surface area contributed by atoms with Crippen molar-refractivity contribution in [1.82, 2.24) is 4.90 Å². The summed E-state index contributed by atoms with van der Waals surface area (Å²) in [6.07, 6.45) is 1.65. The number of ether oxygens (including phenoxy) is 2. The summed E-state index contributed by atoms with van der Waals surface area (Å²) < 4.78 is 13.0. The van der Waals surface area contributed by atoms with Gasteiger partial charge in [-0.3, -0.25) is 19.3 Å². The molecule has 0 atom stereocenters. The van der Waals surface area contributed by atoms with E-state index in [1.807, 2.05) is 63.2 Å². The van der Waals surface area contributed by atoms with Crippen molar-refractivity contribution < 1.29 is 23.9 Å². The van der Waals surface area contributed by atoms with E-state index in [2.05, 4.69) is 37.2 Å². The van der Waals surface area contributed by atoms with E-state index >= 15 is 0 Å². The maximum Gasteiger partial charge on any atom is 0.293 e. The fourth-order valence-electron chi connectivity index (χ4n) is 3.94. The van der Waals surface area contributed by atoms with Crippen molar-refractivity contribution in [1.29, 1.82) is 0 Å². The average molecular weight is 674 g/mol. The number of nitrogens with one attached hydrogen (secondary N) is 1. The number of halogens is 2. The summed E-state index contributed by atoms with van der Waals surface area (Å²) >= 11 is 7.86. The molecule has 0 unspecified atom stereocenters. The summed E-state index contributed by atoms with van der Waals surface area (Å²) in [5.74, 6) is 0.106. The highest BCUT2D eigenvalue weighted by molar-refractivity contribution is 9.10. The van der Waals surface area contributed by atoms with Crippen molar-refractivity contribution in [3.8, 4) is 11.5 Å². The van der Waals surface area contributed by atoms with Crippen molar-refractivity contribution in [2.75, 3.05) is 18.5 Å². The van der Waals surface area contributed by atoms with E-state index < -0.39 is 0 Å². The molecule has 1 N–H and O–H groups in total. The van der Waals surface area contributed by atoms with Crippen molar-refractivity contribution in [3.05, 3.63) is 90.7 Å². The van der Waals surface area contributed by atoms with Gasteiger partial charge in [0.25, 0.3) is 17.1 Å². The van der Waals surface area contributed by atoms with E-state index in [0.717, 1.165) is 38.6 Å². The minimum absolute atomic E-state index is 0.175. The van der Waals surface area contributed by atoms with E-state index in [9.17, 15) is 14.4 Å². The topological polar surface area (TPSA) is 84.9 Å². The molecular formula is C29H26Br2N2O5S. The number of carbonyl (C=O) groups is 3. The summed E-state index contributed by atoms with van der Waals surface area (Å²) in [6, 6.07) is 16.7. The van der Waals surface area contributed by atoms with Crippen LogP contribution in [0.15, 0.2) is 68.4 Å². The lowest BCUT2D eigenvalue weighted by Gasteiger charge is -2.15. The minimum atomic E-state index is -0.363. The quantitative estimate of drug-likeness (QED) is 0.237. The van der Waals surface area contributed by atoms with Crippen molar-refractivity contribution in [2.45, 2.75) is 27.3 Å². The van der Waals surface area contributed by atoms with Gasteiger partial charge >= 0.3 is 0 Å². The van der Waals surface area contributed by atoms with Gasteiger partial charge in [0, 0.05) is 10.2 Å². The van der Waals surface area contributed by atoms with Crippen LogP contribution in [0.4, 0.5) is 10.5 Å². The zero-order valence-corrected chi connectivity index (χ0v) is 25.5. The van der Waals surface area contributed by atoms with Crippen LogP contribution >= 0.6 is 43.6 Å². The van der Waals surface area contributed by atoms with Gasteiger partial charge in [-0.1, -0.05) is 51.8 Å². The van der Waals surface area contributed by atoms with Gasteiger partial charge in [0.05, 0.1) is 22.5 Å². The van der Waals surface area contributed by atoms with Crippen LogP contribution in [-0.2, 0) is 16.1 Å². The molecule has 0 spiro atoms. The fraction of sp³-hybridized carbons (Fsp3) is 0.207. The lowest BCUT2D eigenvalue weighted by molar-refractivity contribution is -0.123. The Bertz CT molecular complexity index is 1470. The molecule has 39 heavy (non-hydrogen) atoms. The lowest BCUT2D eigenvalue weighted by Crippen LogP contribution is -2.27. The number of hydrogen-bond acceptors (Lipinski definition) is 6. The van der Waals surface area contributed by atoms with Crippen LogP contribution in [0.5, 0.6) is 11.5 Å². The zero-order valence-electron chi connectivity index (χ0n) is 21.5. The first-order chi connectivity index (χ1) is 18.7. The molecule has 3 aromatic rings. The first-order valence-corrected chi connectivity index (χ1v) is 14.5. The van der Waals surface area contributed by atoms with E-state index in [4.69, 9.17) is 9.47 Å². The van der Waals surface area contributed by atoms with E-state index in [0.29, 0.717) is 33.0 Å². The third-order valence-electron chi connectivity index (χ3n) is 5.79. The predicted octanol–water partition coefficient (Wildman–Crippen LogP) is 7.48. The number of rotatable bonds is 9. The van der Waals surface area contributed by atoms with Crippen LogP contribution in [0.25, 0.3) is 6.08 Å². The highest BCUT2D eigenvalue weighted by Gasteiger charge is 2.35. The third-order valence-corrected chi connectivity index (χ3v) is 8.06. The maximum atomic E-state index is 13.1. The Labute approximate surface area is 248 Å². The first kappa shape index (κ1) is 28.9. The van der Waals surface area contributed by atoms with E-state index in [-0.39, 0.29) is 30.2 Å². The largest absolute Gasteiger partial charge is 0.490 e. The molecular weight excluding hydrogens is 648 g/mol. The van der Waals surface area contributed by atoms with Crippen LogP contribution < -0.4 is 14.8 Å². The maximum absolute atomic E-state index is 13.1. The van der Waals surface area contributed by atoms with Crippen molar-refractivity contribution in [3.63, 3.8) is 0 Å². The van der Waals surface area contributed by atoms with Crippen molar-refractivity contribution >= 4 is 72.4 Å². The Balaban J connectivity index is 1.50. The Hall–Kier alpha value is -3.08. The number of imide groups is 1. The molecule has 0 aliphatic carbocycles. The number of hydrogen-bond donors (Lipinski definition) is 1. The minimum Gasteiger partial charge on any atom is -0.490 e. The Morgan fingerprint density at radius 3 is 2.51 bits per heavy atom.